The van der Waals surface area contributed by atoms with Crippen LogP contribution in [-0.4, -0.2) is 22.8 Å². The lowest BCUT2D eigenvalue weighted by molar-refractivity contribution is 1.08. The Hall–Kier alpha value is -6.95. The molecule has 0 amide bonds. The van der Waals surface area contributed by atoms with Crippen LogP contribution in [0.25, 0.3) is 109 Å². The zero-order valence-electron chi connectivity index (χ0n) is 30.1. The first kappa shape index (κ1) is 32.5. The minimum absolute atomic E-state index is 0.622. The van der Waals surface area contributed by atoms with Gasteiger partial charge < -0.3 is 0 Å². The van der Waals surface area contributed by atoms with Crippen molar-refractivity contribution in [2.75, 3.05) is 0 Å². The molecule has 0 saturated carbocycles. The van der Waals surface area contributed by atoms with E-state index in [0.29, 0.717) is 17.5 Å². The highest BCUT2D eigenvalue weighted by molar-refractivity contribution is 7.27. The van der Waals surface area contributed by atoms with Gasteiger partial charge >= 0.3 is 0 Å². The van der Waals surface area contributed by atoms with Gasteiger partial charge in [-0.2, -0.15) is 0 Å². The molecule has 9 aromatic carbocycles. The van der Waals surface area contributed by atoms with E-state index in [0.717, 1.165) is 64.6 Å². The van der Waals surface area contributed by atoms with Gasteiger partial charge in [0.05, 0.1) is 0 Å². The monoisotopic (exact) mass is 727 g/mol. The number of benzene rings is 9. The second-order valence-corrected chi connectivity index (χ2v) is 15.2. The quantitative estimate of drug-likeness (QED) is 0.131. The Kier molecular flexibility index (Phi) is 7.61. The molecule has 56 heavy (non-hydrogen) atoms. The topological polar surface area (TPSA) is 38.7 Å². The van der Waals surface area contributed by atoms with Crippen LogP contribution in [0.15, 0.2) is 182 Å². The van der Waals surface area contributed by atoms with Crippen LogP contribution in [0.5, 0.6) is 0 Å². The van der Waals surface area contributed by atoms with E-state index < -0.39 is 0 Å². The van der Waals surface area contributed by atoms with Gasteiger partial charge in [-0.15, -0.1) is 11.3 Å². The third-order valence-corrected chi connectivity index (χ3v) is 12.1. The zero-order chi connectivity index (χ0) is 37.2. The van der Waals surface area contributed by atoms with Crippen molar-refractivity contribution in [3.8, 4) is 56.4 Å². The Morgan fingerprint density at radius 1 is 0.339 bits per heavy atom. The predicted octanol–water partition coefficient (Wildman–Crippen LogP) is 12.8. The van der Waals surface area contributed by atoms with Crippen LogP contribution in [0.3, 0.4) is 0 Å². The molecule has 2 radical (unpaired) electrons. The normalized spacial score (nSPS) is 11.6. The summed E-state index contributed by atoms with van der Waals surface area (Å²) < 4.78 is 2.19. The average molecular weight is 728 g/mol. The van der Waals surface area contributed by atoms with Gasteiger partial charge in [0, 0.05) is 36.9 Å². The average Bonchev–Trinajstić information content (AvgIpc) is 3.66. The SMILES string of the molecule is [B]c1cc(-c2ccc3c4ccccc4c4ccccc4c3c2)cc2c1sc1cccc(-c3nc(-c4ccccc4)nc(-c4cccc(-c5ccccc5)c4)n3)c12. The van der Waals surface area contributed by atoms with Gasteiger partial charge in [-0.25, -0.2) is 15.0 Å². The summed E-state index contributed by atoms with van der Waals surface area (Å²) in [6.45, 7) is 0. The smallest absolute Gasteiger partial charge is 0.164 e. The molecule has 258 valence electrons. The summed E-state index contributed by atoms with van der Waals surface area (Å²) in [5.74, 6) is 1.87. The van der Waals surface area contributed by atoms with Crippen molar-refractivity contribution < 1.29 is 0 Å². The van der Waals surface area contributed by atoms with Gasteiger partial charge in [-0.05, 0) is 78.8 Å². The molecule has 3 nitrogen and oxygen atoms in total. The molecule has 0 spiro atoms. The van der Waals surface area contributed by atoms with Gasteiger partial charge in [0.25, 0.3) is 0 Å². The second-order valence-electron chi connectivity index (χ2n) is 14.2. The fourth-order valence-electron chi connectivity index (χ4n) is 8.21. The first-order valence-electron chi connectivity index (χ1n) is 18.7. The maximum absolute atomic E-state index is 6.96. The van der Waals surface area contributed by atoms with E-state index in [1.807, 2.05) is 36.4 Å². The van der Waals surface area contributed by atoms with Crippen molar-refractivity contribution in [2.45, 2.75) is 0 Å². The number of thiophene rings is 1. The predicted molar refractivity (Wildman–Crippen MR) is 238 cm³/mol. The second kappa shape index (κ2) is 13.1. The summed E-state index contributed by atoms with van der Waals surface area (Å²) in [6.07, 6.45) is 0. The van der Waals surface area contributed by atoms with E-state index in [2.05, 4.69) is 146 Å². The molecular formula is C51H30BN3S. The minimum Gasteiger partial charge on any atom is -0.208 e. The fraction of sp³-hybridized carbons (Fsp3) is 0. The first-order valence-corrected chi connectivity index (χ1v) is 19.5. The Balaban J connectivity index is 1.12. The highest BCUT2D eigenvalue weighted by atomic mass is 32.1. The van der Waals surface area contributed by atoms with Crippen molar-refractivity contribution in [1.82, 2.24) is 15.0 Å². The van der Waals surface area contributed by atoms with Crippen molar-refractivity contribution in [3.05, 3.63) is 182 Å². The molecule has 0 aliphatic rings. The number of hydrogen-bond acceptors (Lipinski definition) is 4. The number of fused-ring (bicyclic) bond motifs is 9. The molecule has 2 heterocycles. The maximum Gasteiger partial charge on any atom is 0.164 e. The molecule has 2 aromatic heterocycles. The van der Waals surface area contributed by atoms with Crippen LogP contribution >= 0.6 is 11.3 Å². The van der Waals surface area contributed by atoms with Crippen molar-refractivity contribution in [1.29, 1.82) is 0 Å². The summed E-state index contributed by atoms with van der Waals surface area (Å²) in [6, 6.07) is 64.0. The maximum atomic E-state index is 6.96. The van der Waals surface area contributed by atoms with Gasteiger partial charge in [-0.1, -0.05) is 163 Å². The molecule has 0 fully saturated rings. The molecule has 0 atom stereocenters. The van der Waals surface area contributed by atoms with Gasteiger partial charge in [0.1, 0.15) is 7.85 Å². The molecule has 0 aliphatic carbocycles. The number of aromatic nitrogens is 3. The van der Waals surface area contributed by atoms with Crippen molar-refractivity contribution in [3.63, 3.8) is 0 Å². The molecule has 0 N–H and O–H groups in total. The standard InChI is InChI=1S/C51H30BN3S/c52-45-30-36(34-25-26-41-39-21-8-7-19-37(39)38-20-9-10-22-40(38)43(41)28-34)29-44-47-42(23-12-24-46(47)56-48(44)45)51-54-49(32-15-5-2-6-16-32)53-50(55-51)35-18-11-17-33(27-35)31-13-3-1-4-14-31/h1-30H. The van der Waals surface area contributed by atoms with Crippen molar-refractivity contribution >= 4 is 77.1 Å². The molecule has 11 rings (SSSR count). The Morgan fingerprint density at radius 2 is 0.857 bits per heavy atom. The summed E-state index contributed by atoms with van der Waals surface area (Å²) >= 11 is 1.71. The first-order chi connectivity index (χ1) is 27.7. The largest absolute Gasteiger partial charge is 0.208 e. The van der Waals surface area contributed by atoms with Gasteiger partial charge in [0.15, 0.2) is 17.5 Å². The van der Waals surface area contributed by atoms with Gasteiger partial charge in [-0.3, -0.25) is 0 Å². The molecular weight excluding hydrogens is 697 g/mol. The van der Waals surface area contributed by atoms with Crippen molar-refractivity contribution in [2.24, 2.45) is 0 Å². The van der Waals surface area contributed by atoms with Crippen LogP contribution in [0.1, 0.15) is 0 Å². The molecule has 0 bridgehead atoms. The highest BCUT2D eigenvalue weighted by Crippen LogP contribution is 2.42. The summed E-state index contributed by atoms with van der Waals surface area (Å²) in [7, 11) is 6.96. The third kappa shape index (κ3) is 5.39. The number of hydrogen-bond donors (Lipinski definition) is 0. The molecule has 0 aliphatic heterocycles. The summed E-state index contributed by atoms with van der Waals surface area (Å²) in [5.41, 5.74) is 8.00. The van der Waals surface area contributed by atoms with Crippen LogP contribution in [0.4, 0.5) is 0 Å². The number of rotatable bonds is 5. The van der Waals surface area contributed by atoms with E-state index in [9.17, 15) is 0 Å². The molecule has 0 unspecified atom stereocenters. The molecule has 0 saturated heterocycles. The van der Waals surface area contributed by atoms with Crippen LogP contribution < -0.4 is 5.46 Å². The molecule has 5 heteroatoms. The fourth-order valence-corrected chi connectivity index (χ4v) is 9.34. The van der Waals surface area contributed by atoms with E-state index in [1.165, 1.54) is 32.3 Å². The molecule has 11 aromatic rings. The third-order valence-electron chi connectivity index (χ3n) is 10.8. The van der Waals surface area contributed by atoms with E-state index in [-0.39, 0.29) is 0 Å². The van der Waals surface area contributed by atoms with Crippen LogP contribution in [0.2, 0.25) is 0 Å². The van der Waals surface area contributed by atoms with E-state index >= 15 is 0 Å². The lowest BCUT2D eigenvalue weighted by Crippen LogP contribution is -2.02. The highest BCUT2D eigenvalue weighted by Gasteiger charge is 2.19. The van der Waals surface area contributed by atoms with Gasteiger partial charge in [0.2, 0.25) is 0 Å². The Labute approximate surface area is 329 Å². The van der Waals surface area contributed by atoms with E-state index in [1.54, 1.807) is 11.3 Å². The van der Waals surface area contributed by atoms with Crippen LogP contribution in [-0.2, 0) is 0 Å². The lowest BCUT2D eigenvalue weighted by Gasteiger charge is -2.13. The van der Waals surface area contributed by atoms with E-state index in [4.69, 9.17) is 22.8 Å². The Morgan fingerprint density at radius 3 is 1.57 bits per heavy atom. The minimum atomic E-state index is 0.622. The summed E-state index contributed by atoms with van der Waals surface area (Å²) in [5, 5.41) is 9.69. The van der Waals surface area contributed by atoms with Crippen LogP contribution in [0, 0.1) is 0 Å². The lowest BCUT2D eigenvalue weighted by atomic mass is 9.88. The zero-order valence-corrected chi connectivity index (χ0v) is 31.0. The summed E-state index contributed by atoms with van der Waals surface area (Å²) in [4.78, 5) is 15.4. The Bertz CT molecular complexity index is 3280. The number of nitrogens with zero attached hydrogens (tertiary/aromatic N) is 3.